The van der Waals surface area contributed by atoms with Crippen LogP contribution in [0.15, 0.2) is 187 Å². The van der Waals surface area contributed by atoms with Crippen molar-refractivity contribution in [2.45, 2.75) is 13.3 Å². The van der Waals surface area contributed by atoms with Crippen molar-refractivity contribution in [3.63, 3.8) is 0 Å². The van der Waals surface area contributed by atoms with Gasteiger partial charge in [0, 0.05) is 46.8 Å². The lowest BCUT2D eigenvalue weighted by Crippen LogP contribution is -2.08. The quantitative estimate of drug-likeness (QED) is 0.142. The van der Waals surface area contributed by atoms with Crippen molar-refractivity contribution >= 4 is 50.3 Å². The number of benzene rings is 6. The number of rotatable bonds is 10. The molecule has 6 aromatic carbocycles. The lowest BCUT2D eigenvalue weighted by atomic mass is 9.99. The first-order valence-corrected chi connectivity index (χ1v) is 16.4. The number of fused-ring (bicyclic) bond motifs is 3. The van der Waals surface area contributed by atoms with Gasteiger partial charge in [0.05, 0.1) is 0 Å². The van der Waals surface area contributed by atoms with Crippen LogP contribution in [0.5, 0.6) is 0 Å². The highest BCUT2D eigenvalue weighted by molar-refractivity contribution is 6.07. The molecule has 0 bridgehead atoms. The van der Waals surface area contributed by atoms with Crippen LogP contribution in [0, 0.1) is 0 Å². The van der Waals surface area contributed by atoms with Crippen molar-refractivity contribution in [3.05, 3.63) is 188 Å². The molecule has 7 aromatic rings. The number of nitrogens with zero attached hydrogens (tertiary/aromatic N) is 2. The van der Waals surface area contributed by atoms with Crippen LogP contribution in [0.2, 0.25) is 0 Å². The van der Waals surface area contributed by atoms with E-state index in [0.717, 1.165) is 51.1 Å². The average Bonchev–Trinajstić information content (AvgIpc) is 3.52. The first-order chi connectivity index (χ1) is 23.7. The predicted molar refractivity (Wildman–Crippen MR) is 205 cm³/mol. The van der Waals surface area contributed by atoms with E-state index < -0.39 is 0 Å². The number of furan rings is 1. The Kier molecular flexibility index (Phi) is 9.02. The van der Waals surface area contributed by atoms with Gasteiger partial charge >= 0.3 is 0 Å². The van der Waals surface area contributed by atoms with E-state index in [-0.39, 0.29) is 0 Å². The smallest absolute Gasteiger partial charge is 0.135 e. The van der Waals surface area contributed by atoms with Crippen LogP contribution in [0.3, 0.4) is 0 Å². The van der Waals surface area contributed by atoms with Gasteiger partial charge in [-0.1, -0.05) is 103 Å². The molecule has 0 aliphatic heterocycles. The Balaban J connectivity index is 1.16. The van der Waals surface area contributed by atoms with Crippen molar-refractivity contribution < 1.29 is 4.42 Å². The number of hydrogen-bond donors (Lipinski definition) is 0. The molecule has 3 nitrogen and oxygen atoms in total. The fourth-order valence-corrected chi connectivity index (χ4v) is 6.14. The molecule has 234 valence electrons. The summed E-state index contributed by atoms with van der Waals surface area (Å²) in [4.78, 5) is 4.42. The number of para-hydroxylation sites is 3. The molecule has 0 N–H and O–H groups in total. The first kappa shape index (κ1) is 30.6. The zero-order valence-electron chi connectivity index (χ0n) is 27.3. The average molecular weight is 623 g/mol. The topological polar surface area (TPSA) is 19.6 Å². The van der Waals surface area contributed by atoms with Gasteiger partial charge in [-0.3, -0.25) is 0 Å². The monoisotopic (exact) mass is 622 g/mol. The van der Waals surface area contributed by atoms with E-state index in [0.29, 0.717) is 0 Å². The molecule has 1 aromatic heterocycles. The predicted octanol–water partition coefficient (Wildman–Crippen LogP) is 12.7. The largest absolute Gasteiger partial charge is 0.456 e. The van der Waals surface area contributed by atoms with Crippen LogP contribution in [0.1, 0.15) is 18.9 Å². The van der Waals surface area contributed by atoms with E-state index in [4.69, 9.17) is 4.42 Å². The summed E-state index contributed by atoms with van der Waals surface area (Å²) >= 11 is 0. The molecular formula is C45H38N2O. The lowest BCUT2D eigenvalue weighted by Gasteiger charge is -2.20. The molecule has 0 fully saturated rings. The van der Waals surface area contributed by atoms with Crippen molar-refractivity contribution in [1.82, 2.24) is 0 Å². The van der Waals surface area contributed by atoms with Crippen LogP contribution in [-0.2, 0) is 0 Å². The maximum atomic E-state index is 6.29. The molecule has 7 rings (SSSR count). The summed E-state index contributed by atoms with van der Waals surface area (Å²) < 4.78 is 6.29. The standard InChI is InChI=1S/C45H38N2O/c1-3-15-34(16-13-14-31-47(40-19-9-5-10-20-40)41-21-11-6-12-22-41)36-25-29-44-42(32-36)43-33-37(26-30-45(43)48-44)35-23-27-39(28-24-35)46(2)38-17-7-4-8-18-38/h3-12,14-33H,13H2,1-2H3/b15-3-,31-14?,34-16+. The fourth-order valence-electron chi connectivity index (χ4n) is 6.14. The lowest BCUT2D eigenvalue weighted by molar-refractivity contribution is 0.669. The van der Waals surface area contributed by atoms with Gasteiger partial charge in [0.1, 0.15) is 11.2 Å². The minimum atomic E-state index is 0.791. The highest BCUT2D eigenvalue weighted by Crippen LogP contribution is 2.35. The van der Waals surface area contributed by atoms with E-state index in [2.05, 4.69) is 188 Å². The normalized spacial score (nSPS) is 12.0. The molecule has 0 aliphatic carbocycles. The number of anilines is 4. The van der Waals surface area contributed by atoms with Gasteiger partial charge in [0.25, 0.3) is 0 Å². The van der Waals surface area contributed by atoms with Crippen molar-refractivity contribution in [2.24, 2.45) is 0 Å². The van der Waals surface area contributed by atoms with E-state index >= 15 is 0 Å². The Morgan fingerprint density at radius 3 is 1.75 bits per heavy atom. The van der Waals surface area contributed by atoms with Crippen LogP contribution >= 0.6 is 0 Å². The number of allylic oxidation sites excluding steroid dienone is 5. The maximum Gasteiger partial charge on any atom is 0.135 e. The van der Waals surface area contributed by atoms with Gasteiger partial charge in [-0.15, -0.1) is 0 Å². The molecule has 0 amide bonds. The summed E-state index contributed by atoms with van der Waals surface area (Å²) in [5, 5.41) is 2.24. The summed E-state index contributed by atoms with van der Waals surface area (Å²) in [5.41, 5.74) is 11.0. The third kappa shape index (κ3) is 6.58. The minimum absolute atomic E-state index is 0.791. The molecular weight excluding hydrogens is 585 g/mol. The summed E-state index contributed by atoms with van der Waals surface area (Å²) in [6.07, 6.45) is 11.7. The zero-order chi connectivity index (χ0) is 32.7. The van der Waals surface area contributed by atoms with Gasteiger partial charge in [0.2, 0.25) is 0 Å². The van der Waals surface area contributed by atoms with E-state index in [9.17, 15) is 0 Å². The summed E-state index contributed by atoms with van der Waals surface area (Å²) in [5.74, 6) is 0. The van der Waals surface area contributed by atoms with Gasteiger partial charge in [0.15, 0.2) is 0 Å². The molecule has 0 unspecified atom stereocenters. The number of hydrogen-bond acceptors (Lipinski definition) is 3. The van der Waals surface area contributed by atoms with Crippen LogP contribution < -0.4 is 9.80 Å². The van der Waals surface area contributed by atoms with Crippen LogP contribution in [0.25, 0.3) is 38.6 Å². The fraction of sp³-hybridized carbons (Fsp3) is 0.0667. The molecule has 0 spiro atoms. The molecule has 48 heavy (non-hydrogen) atoms. The summed E-state index contributed by atoms with van der Waals surface area (Å²) in [6, 6.07) is 53.1. The third-order valence-electron chi connectivity index (χ3n) is 8.68. The first-order valence-electron chi connectivity index (χ1n) is 16.4. The second-order valence-electron chi connectivity index (χ2n) is 11.8. The van der Waals surface area contributed by atoms with Gasteiger partial charge < -0.3 is 14.2 Å². The maximum absolute atomic E-state index is 6.29. The molecule has 1 heterocycles. The second-order valence-corrected chi connectivity index (χ2v) is 11.8. The molecule has 0 radical (unpaired) electrons. The van der Waals surface area contributed by atoms with Gasteiger partial charge in [-0.2, -0.15) is 0 Å². The molecule has 0 saturated carbocycles. The van der Waals surface area contributed by atoms with E-state index in [1.165, 1.54) is 22.3 Å². The molecule has 0 saturated heterocycles. The Hall–Kier alpha value is -6.06. The molecule has 3 heteroatoms. The van der Waals surface area contributed by atoms with Crippen LogP contribution in [0.4, 0.5) is 22.7 Å². The minimum Gasteiger partial charge on any atom is -0.456 e. The SMILES string of the molecule is C/C=C\C(=C/CC=CN(c1ccccc1)c1ccccc1)c1ccc2oc3ccc(-c4ccc(N(C)c5ccccc5)cc4)cc3c2c1. The summed E-state index contributed by atoms with van der Waals surface area (Å²) in [7, 11) is 2.10. The van der Waals surface area contributed by atoms with Crippen LogP contribution in [-0.4, -0.2) is 7.05 Å². The Morgan fingerprint density at radius 1 is 0.583 bits per heavy atom. The van der Waals surface area contributed by atoms with Crippen molar-refractivity contribution in [1.29, 1.82) is 0 Å². The van der Waals surface area contributed by atoms with Gasteiger partial charge in [-0.25, -0.2) is 0 Å². The van der Waals surface area contributed by atoms with Crippen molar-refractivity contribution in [2.75, 3.05) is 16.8 Å². The van der Waals surface area contributed by atoms with E-state index in [1.54, 1.807) is 0 Å². The zero-order valence-corrected chi connectivity index (χ0v) is 27.3. The second kappa shape index (κ2) is 14.1. The Bertz CT molecular complexity index is 2170. The Labute approximate surface area is 283 Å². The summed E-state index contributed by atoms with van der Waals surface area (Å²) in [6.45, 7) is 2.07. The van der Waals surface area contributed by atoms with Crippen molar-refractivity contribution in [3.8, 4) is 11.1 Å². The highest BCUT2D eigenvalue weighted by atomic mass is 16.3. The molecule has 0 aliphatic rings. The molecule has 0 atom stereocenters. The Morgan fingerprint density at radius 2 is 1.12 bits per heavy atom. The van der Waals surface area contributed by atoms with Gasteiger partial charge in [-0.05, 0) is 108 Å². The highest BCUT2D eigenvalue weighted by Gasteiger charge is 2.12. The third-order valence-corrected chi connectivity index (χ3v) is 8.68. The van der Waals surface area contributed by atoms with E-state index in [1.807, 2.05) is 18.2 Å².